The summed E-state index contributed by atoms with van der Waals surface area (Å²) in [4.78, 5) is 10.2. The van der Waals surface area contributed by atoms with E-state index in [9.17, 15) is 22.2 Å². The fraction of sp³-hybridized carbons (Fsp3) is 0.875. The molecule has 0 radical (unpaired) electrons. The Kier molecular flexibility index (Phi) is 5.85. The first kappa shape index (κ1) is 14.4. The monoisotopic (exact) mass is 246 g/mol. The summed E-state index contributed by atoms with van der Waals surface area (Å²) in [5.41, 5.74) is 0. The largest absolute Gasteiger partial charge is 0.481 e. The standard InChI is InChI=1S/C8H13F3O3S/c1-6(5-7(12)13)15(14)4-2-3-8(9,10)11/h6H,2-5H2,1H3,(H,12,13). The molecule has 0 rings (SSSR count). The second-order valence-corrected chi connectivity index (χ2v) is 5.19. The summed E-state index contributed by atoms with van der Waals surface area (Å²) in [6, 6.07) is 0. The quantitative estimate of drug-likeness (QED) is 0.779. The Bertz CT molecular complexity index is 240. The lowest BCUT2D eigenvalue weighted by atomic mass is 10.3. The summed E-state index contributed by atoms with van der Waals surface area (Å²) in [6.07, 6.45) is -5.71. The van der Waals surface area contributed by atoms with Crippen LogP contribution in [0, 0.1) is 0 Å². The molecule has 0 aromatic rings. The second kappa shape index (κ2) is 6.09. The number of alkyl halides is 3. The van der Waals surface area contributed by atoms with Crippen LogP contribution in [0.1, 0.15) is 26.2 Å². The predicted octanol–water partition coefficient (Wildman–Crippen LogP) is 1.94. The van der Waals surface area contributed by atoms with Gasteiger partial charge < -0.3 is 5.11 Å². The van der Waals surface area contributed by atoms with Crippen molar-refractivity contribution in [1.29, 1.82) is 0 Å². The molecule has 90 valence electrons. The molecule has 0 aliphatic rings. The lowest BCUT2D eigenvalue weighted by molar-refractivity contribution is -0.137. The van der Waals surface area contributed by atoms with Crippen molar-refractivity contribution in [2.24, 2.45) is 0 Å². The Morgan fingerprint density at radius 2 is 2.00 bits per heavy atom. The van der Waals surface area contributed by atoms with E-state index in [1.165, 1.54) is 6.92 Å². The van der Waals surface area contributed by atoms with E-state index in [4.69, 9.17) is 5.11 Å². The molecular formula is C8H13F3O3S. The maximum Gasteiger partial charge on any atom is 0.389 e. The van der Waals surface area contributed by atoms with Gasteiger partial charge in [0.2, 0.25) is 0 Å². The minimum atomic E-state index is -4.24. The lowest BCUT2D eigenvalue weighted by Gasteiger charge is -2.09. The van der Waals surface area contributed by atoms with Crippen LogP contribution in [0.4, 0.5) is 13.2 Å². The number of carboxylic acids is 1. The van der Waals surface area contributed by atoms with E-state index in [-0.39, 0.29) is 18.6 Å². The maximum absolute atomic E-state index is 11.7. The zero-order valence-corrected chi connectivity index (χ0v) is 9.03. The first-order valence-electron chi connectivity index (χ1n) is 4.38. The van der Waals surface area contributed by atoms with Crippen molar-refractivity contribution in [3.8, 4) is 0 Å². The number of carbonyl (C=O) groups is 1. The Hall–Kier alpha value is -0.590. The fourth-order valence-electron chi connectivity index (χ4n) is 0.955. The molecule has 0 heterocycles. The summed E-state index contributed by atoms with van der Waals surface area (Å²) in [5, 5.41) is 7.77. The SMILES string of the molecule is CC(CC(=O)O)S(=O)CCCC(F)(F)F. The molecular weight excluding hydrogens is 233 g/mol. The van der Waals surface area contributed by atoms with Crippen LogP contribution in [0.15, 0.2) is 0 Å². The van der Waals surface area contributed by atoms with Crippen molar-refractivity contribution in [3.63, 3.8) is 0 Å². The van der Waals surface area contributed by atoms with Crippen molar-refractivity contribution < 1.29 is 27.3 Å². The van der Waals surface area contributed by atoms with E-state index >= 15 is 0 Å². The highest BCUT2D eigenvalue weighted by Gasteiger charge is 2.27. The number of rotatable bonds is 6. The Morgan fingerprint density at radius 3 is 2.40 bits per heavy atom. The van der Waals surface area contributed by atoms with Gasteiger partial charge >= 0.3 is 12.1 Å². The molecule has 0 aliphatic carbocycles. The molecule has 15 heavy (non-hydrogen) atoms. The van der Waals surface area contributed by atoms with E-state index in [0.29, 0.717) is 0 Å². The molecule has 0 aliphatic heterocycles. The van der Waals surface area contributed by atoms with Crippen molar-refractivity contribution >= 4 is 16.8 Å². The number of hydrogen-bond acceptors (Lipinski definition) is 2. The molecule has 2 unspecified atom stereocenters. The third-order valence-corrected chi connectivity index (χ3v) is 3.47. The van der Waals surface area contributed by atoms with Gasteiger partial charge in [-0.15, -0.1) is 0 Å². The Morgan fingerprint density at radius 1 is 1.47 bits per heavy atom. The Balaban J connectivity index is 3.79. The smallest absolute Gasteiger partial charge is 0.389 e. The van der Waals surface area contributed by atoms with Crippen LogP contribution in [-0.2, 0) is 15.6 Å². The third kappa shape index (κ3) is 8.41. The third-order valence-electron chi connectivity index (χ3n) is 1.72. The predicted molar refractivity (Wildman–Crippen MR) is 50.0 cm³/mol. The van der Waals surface area contributed by atoms with Crippen LogP contribution >= 0.6 is 0 Å². The molecule has 2 atom stereocenters. The highest BCUT2D eigenvalue weighted by Crippen LogP contribution is 2.21. The Labute approximate surface area is 88.1 Å². The second-order valence-electron chi connectivity index (χ2n) is 3.21. The average Bonchev–Trinajstić information content (AvgIpc) is 2.00. The van der Waals surface area contributed by atoms with Crippen LogP contribution in [0.25, 0.3) is 0 Å². The van der Waals surface area contributed by atoms with Gasteiger partial charge in [-0.3, -0.25) is 9.00 Å². The summed E-state index contributed by atoms with van der Waals surface area (Å²) < 4.78 is 46.4. The van der Waals surface area contributed by atoms with Gasteiger partial charge in [0.25, 0.3) is 0 Å². The summed E-state index contributed by atoms with van der Waals surface area (Å²) in [7, 11) is -1.50. The first-order valence-corrected chi connectivity index (χ1v) is 5.76. The molecule has 0 amide bonds. The molecule has 0 saturated heterocycles. The molecule has 0 aromatic heterocycles. The van der Waals surface area contributed by atoms with E-state index in [1.54, 1.807) is 0 Å². The lowest BCUT2D eigenvalue weighted by Crippen LogP contribution is -2.19. The van der Waals surface area contributed by atoms with Gasteiger partial charge in [-0.2, -0.15) is 13.2 Å². The number of aliphatic carboxylic acids is 1. The van der Waals surface area contributed by atoms with Crippen LogP contribution in [0.5, 0.6) is 0 Å². The zero-order valence-electron chi connectivity index (χ0n) is 8.21. The van der Waals surface area contributed by atoms with Crippen LogP contribution in [0.2, 0.25) is 0 Å². The number of hydrogen-bond donors (Lipinski definition) is 1. The minimum absolute atomic E-state index is 0.103. The molecule has 0 spiro atoms. The zero-order chi connectivity index (χ0) is 12.1. The van der Waals surface area contributed by atoms with Crippen LogP contribution in [0.3, 0.4) is 0 Å². The van der Waals surface area contributed by atoms with E-state index in [1.807, 2.05) is 0 Å². The molecule has 0 fully saturated rings. The normalized spacial score (nSPS) is 16.0. The van der Waals surface area contributed by atoms with Crippen LogP contribution in [-0.4, -0.2) is 32.5 Å². The van der Waals surface area contributed by atoms with Crippen molar-refractivity contribution in [2.75, 3.05) is 5.75 Å². The van der Waals surface area contributed by atoms with Gasteiger partial charge in [0.15, 0.2) is 0 Å². The van der Waals surface area contributed by atoms with E-state index in [0.717, 1.165) is 0 Å². The van der Waals surface area contributed by atoms with Gasteiger partial charge in [0.05, 0.1) is 6.42 Å². The molecule has 0 bridgehead atoms. The van der Waals surface area contributed by atoms with Gasteiger partial charge in [-0.25, -0.2) is 0 Å². The topological polar surface area (TPSA) is 54.4 Å². The summed E-state index contributed by atoms with van der Waals surface area (Å²) >= 11 is 0. The highest BCUT2D eigenvalue weighted by molar-refractivity contribution is 7.85. The van der Waals surface area contributed by atoms with Gasteiger partial charge in [0.1, 0.15) is 0 Å². The number of carboxylic acid groups (broad SMARTS) is 1. The first-order chi connectivity index (χ1) is 6.72. The number of halogens is 3. The molecule has 1 N–H and O–H groups in total. The van der Waals surface area contributed by atoms with Crippen LogP contribution < -0.4 is 0 Å². The fourth-order valence-corrected chi connectivity index (χ4v) is 2.11. The highest BCUT2D eigenvalue weighted by atomic mass is 32.2. The van der Waals surface area contributed by atoms with Gasteiger partial charge in [-0.05, 0) is 6.42 Å². The van der Waals surface area contributed by atoms with Crippen molar-refractivity contribution in [3.05, 3.63) is 0 Å². The summed E-state index contributed by atoms with van der Waals surface area (Å²) in [6.45, 7) is 1.46. The van der Waals surface area contributed by atoms with Gasteiger partial charge in [-0.1, -0.05) is 6.92 Å². The molecule has 7 heteroatoms. The van der Waals surface area contributed by atoms with Crippen molar-refractivity contribution in [2.45, 2.75) is 37.6 Å². The summed E-state index contributed by atoms with van der Waals surface area (Å²) in [5.74, 6) is -1.19. The van der Waals surface area contributed by atoms with E-state index < -0.39 is 34.6 Å². The maximum atomic E-state index is 11.7. The minimum Gasteiger partial charge on any atom is -0.481 e. The van der Waals surface area contributed by atoms with Crippen molar-refractivity contribution in [1.82, 2.24) is 0 Å². The molecule has 0 aromatic carbocycles. The average molecular weight is 246 g/mol. The van der Waals surface area contributed by atoms with Gasteiger partial charge in [0, 0.05) is 28.2 Å². The molecule has 0 saturated carbocycles. The van der Waals surface area contributed by atoms with E-state index in [2.05, 4.69) is 0 Å². The molecule has 3 nitrogen and oxygen atoms in total.